The zero-order valence-electron chi connectivity index (χ0n) is 17.8. The summed E-state index contributed by atoms with van der Waals surface area (Å²) in [6.07, 6.45) is 0. The number of ether oxygens (including phenoxy) is 3. The van der Waals surface area contributed by atoms with Crippen molar-refractivity contribution in [3.63, 3.8) is 0 Å². The van der Waals surface area contributed by atoms with Crippen LogP contribution >= 0.6 is 0 Å². The SMILES string of the molecule is COc1ccccc1C(C)NC(=O)COC(=O)COc1ccc2oc3ccccc3c2c1. The van der Waals surface area contributed by atoms with Gasteiger partial charge in [-0.1, -0.05) is 36.4 Å². The van der Waals surface area contributed by atoms with E-state index in [1.807, 2.05) is 61.5 Å². The number of hydrogen-bond donors (Lipinski definition) is 1. The van der Waals surface area contributed by atoms with E-state index < -0.39 is 18.5 Å². The number of fused-ring (bicyclic) bond motifs is 3. The number of amides is 1. The minimum atomic E-state index is -0.637. The van der Waals surface area contributed by atoms with Gasteiger partial charge in [0.25, 0.3) is 5.91 Å². The highest BCUT2D eigenvalue weighted by molar-refractivity contribution is 6.05. The van der Waals surface area contributed by atoms with Gasteiger partial charge in [0.05, 0.1) is 13.2 Å². The monoisotopic (exact) mass is 433 g/mol. The molecule has 0 aliphatic rings. The van der Waals surface area contributed by atoms with Crippen LogP contribution in [0.25, 0.3) is 21.9 Å². The third-order valence-corrected chi connectivity index (χ3v) is 5.05. The molecule has 0 spiro atoms. The van der Waals surface area contributed by atoms with E-state index in [0.717, 1.165) is 27.5 Å². The van der Waals surface area contributed by atoms with Crippen molar-refractivity contribution >= 4 is 33.8 Å². The molecule has 7 heteroatoms. The predicted octanol–water partition coefficient (Wildman–Crippen LogP) is 4.39. The molecule has 0 saturated heterocycles. The molecule has 1 heterocycles. The van der Waals surface area contributed by atoms with Crippen LogP contribution in [0.2, 0.25) is 0 Å². The number of furan rings is 1. The summed E-state index contributed by atoms with van der Waals surface area (Å²) in [5.41, 5.74) is 2.36. The Labute approximate surface area is 184 Å². The largest absolute Gasteiger partial charge is 0.496 e. The average molecular weight is 433 g/mol. The molecular weight excluding hydrogens is 410 g/mol. The van der Waals surface area contributed by atoms with Gasteiger partial charge >= 0.3 is 5.97 Å². The van der Waals surface area contributed by atoms with Crippen LogP contribution in [0.15, 0.2) is 71.1 Å². The maximum Gasteiger partial charge on any atom is 0.344 e. The van der Waals surface area contributed by atoms with E-state index in [4.69, 9.17) is 18.6 Å². The molecule has 1 unspecified atom stereocenters. The molecule has 164 valence electrons. The molecule has 0 fully saturated rings. The fourth-order valence-corrected chi connectivity index (χ4v) is 3.51. The van der Waals surface area contributed by atoms with E-state index in [2.05, 4.69) is 5.32 Å². The first kappa shape index (κ1) is 21.2. The second-order valence-electron chi connectivity index (χ2n) is 7.24. The van der Waals surface area contributed by atoms with Crippen molar-refractivity contribution in [2.45, 2.75) is 13.0 Å². The highest BCUT2D eigenvalue weighted by Crippen LogP contribution is 2.31. The second kappa shape index (κ2) is 9.43. The Morgan fingerprint density at radius 2 is 1.69 bits per heavy atom. The van der Waals surface area contributed by atoms with Crippen molar-refractivity contribution in [2.75, 3.05) is 20.3 Å². The second-order valence-corrected chi connectivity index (χ2v) is 7.24. The van der Waals surface area contributed by atoms with Gasteiger partial charge in [0.1, 0.15) is 22.7 Å². The van der Waals surface area contributed by atoms with Crippen LogP contribution < -0.4 is 14.8 Å². The zero-order valence-corrected chi connectivity index (χ0v) is 17.8. The summed E-state index contributed by atoms with van der Waals surface area (Å²) in [6.45, 7) is 1.13. The average Bonchev–Trinajstić information content (AvgIpc) is 3.19. The Hall–Kier alpha value is -4.00. The van der Waals surface area contributed by atoms with Crippen molar-refractivity contribution in [1.29, 1.82) is 0 Å². The normalized spacial score (nSPS) is 11.8. The fraction of sp³-hybridized carbons (Fsp3) is 0.200. The quantitative estimate of drug-likeness (QED) is 0.415. The molecule has 0 aliphatic carbocycles. The van der Waals surface area contributed by atoms with Crippen LogP contribution in [0.3, 0.4) is 0 Å². The lowest BCUT2D eigenvalue weighted by Gasteiger charge is -2.17. The molecule has 1 aromatic heterocycles. The number of benzene rings is 3. The molecule has 1 N–H and O–H groups in total. The Morgan fingerprint density at radius 3 is 2.53 bits per heavy atom. The van der Waals surface area contributed by atoms with Gasteiger partial charge in [-0.3, -0.25) is 4.79 Å². The van der Waals surface area contributed by atoms with Gasteiger partial charge in [-0.25, -0.2) is 4.79 Å². The third kappa shape index (κ3) is 4.67. The minimum absolute atomic E-state index is 0.301. The summed E-state index contributed by atoms with van der Waals surface area (Å²) in [5.74, 6) is 0.133. The van der Waals surface area contributed by atoms with Crippen LogP contribution in [0.1, 0.15) is 18.5 Å². The Kier molecular flexibility index (Phi) is 6.26. The van der Waals surface area contributed by atoms with Crippen molar-refractivity contribution in [1.82, 2.24) is 5.32 Å². The van der Waals surface area contributed by atoms with Crippen LogP contribution in [0.4, 0.5) is 0 Å². The number of hydrogen-bond acceptors (Lipinski definition) is 6. The van der Waals surface area contributed by atoms with Gasteiger partial charge in [-0.05, 0) is 37.3 Å². The molecule has 4 aromatic rings. The minimum Gasteiger partial charge on any atom is -0.496 e. The van der Waals surface area contributed by atoms with Crippen molar-refractivity contribution in [2.24, 2.45) is 0 Å². The summed E-state index contributed by atoms with van der Waals surface area (Å²) < 4.78 is 21.7. The number of nitrogens with one attached hydrogen (secondary N) is 1. The summed E-state index contributed by atoms with van der Waals surface area (Å²) in [4.78, 5) is 24.2. The van der Waals surface area contributed by atoms with Crippen molar-refractivity contribution in [3.05, 3.63) is 72.3 Å². The van der Waals surface area contributed by atoms with Crippen LogP contribution in [-0.2, 0) is 14.3 Å². The molecular formula is C25H23NO6. The van der Waals surface area contributed by atoms with Gasteiger partial charge in [0, 0.05) is 16.3 Å². The molecule has 3 aromatic carbocycles. The Morgan fingerprint density at radius 1 is 0.938 bits per heavy atom. The molecule has 7 nitrogen and oxygen atoms in total. The predicted molar refractivity (Wildman–Crippen MR) is 120 cm³/mol. The lowest BCUT2D eigenvalue weighted by atomic mass is 10.1. The lowest BCUT2D eigenvalue weighted by molar-refractivity contribution is -0.150. The van der Waals surface area contributed by atoms with Crippen molar-refractivity contribution in [3.8, 4) is 11.5 Å². The first-order valence-electron chi connectivity index (χ1n) is 10.2. The highest BCUT2D eigenvalue weighted by atomic mass is 16.6. The van der Waals surface area contributed by atoms with E-state index in [1.54, 1.807) is 19.2 Å². The molecule has 1 atom stereocenters. The maximum atomic E-state index is 12.2. The standard InChI is InChI=1S/C25H23NO6/c1-16(18-7-3-5-9-21(18)29-2)26-24(27)14-31-25(28)15-30-17-11-12-23-20(13-17)19-8-4-6-10-22(19)32-23/h3-13,16H,14-15H2,1-2H3,(H,26,27). The van der Waals surface area contributed by atoms with Gasteiger partial charge in [-0.2, -0.15) is 0 Å². The molecule has 4 rings (SSSR count). The van der Waals surface area contributed by atoms with Gasteiger partial charge in [-0.15, -0.1) is 0 Å². The number of esters is 1. The number of para-hydroxylation sites is 2. The highest BCUT2D eigenvalue weighted by Gasteiger charge is 2.15. The van der Waals surface area contributed by atoms with Crippen LogP contribution in [-0.4, -0.2) is 32.2 Å². The molecule has 0 aliphatic heterocycles. The summed E-state index contributed by atoms with van der Waals surface area (Å²) in [5, 5.41) is 4.65. The van der Waals surface area contributed by atoms with E-state index in [1.165, 1.54) is 0 Å². The molecule has 1 amide bonds. The third-order valence-electron chi connectivity index (χ3n) is 5.05. The number of methoxy groups -OCH3 is 1. The number of carbonyl (C=O) groups is 2. The summed E-state index contributed by atoms with van der Waals surface area (Å²) in [7, 11) is 1.57. The first-order valence-corrected chi connectivity index (χ1v) is 10.2. The first-order chi connectivity index (χ1) is 15.5. The smallest absolute Gasteiger partial charge is 0.344 e. The van der Waals surface area contributed by atoms with Gasteiger partial charge in [0.2, 0.25) is 0 Å². The lowest BCUT2D eigenvalue weighted by Crippen LogP contribution is -2.32. The topological polar surface area (TPSA) is 87.0 Å². The van der Waals surface area contributed by atoms with Gasteiger partial charge < -0.3 is 23.9 Å². The summed E-state index contributed by atoms with van der Waals surface area (Å²) in [6, 6.07) is 20.1. The zero-order chi connectivity index (χ0) is 22.5. The van der Waals surface area contributed by atoms with E-state index >= 15 is 0 Å². The Bertz CT molecular complexity index is 1260. The fourth-order valence-electron chi connectivity index (χ4n) is 3.51. The Balaban J connectivity index is 1.28. The molecule has 0 saturated carbocycles. The van der Waals surface area contributed by atoms with E-state index in [0.29, 0.717) is 11.5 Å². The summed E-state index contributed by atoms with van der Waals surface area (Å²) >= 11 is 0. The number of carbonyl (C=O) groups excluding carboxylic acids is 2. The van der Waals surface area contributed by atoms with E-state index in [9.17, 15) is 9.59 Å². The van der Waals surface area contributed by atoms with E-state index in [-0.39, 0.29) is 12.6 Å². The van der Waals surface area contributed by atoms with Crippen LogP contribution in [0.5, 0.6) is 11.5 Å². The van der Waals surface area contributed by atoms with Crippen molar-refractivity contribution < 1.29 is 28.2 Å². The van der Waals surface area contributed by atoms with Crippen LogP contribution in [0, 0.1) is 0 Å². The molecule has 0 bridgehead atoms. The molecule has 32 heavy (non-hydrogen) atoms. The molecule has 0 radical (unpaired) electrons. The maximum absolute atomic E-state index is 12.2. The number of rotatable bonds is 8. The van der Waals surface area contributed by atoms with Gasteiger partial charge in [0.15, 0.2) is 13.2 Å².